The van der Waals surface area contributed by atoms with Gasteiger partial charge in [-0.1, -0.05) is 32.9 Å². The number of amides is 1. The number of rotatable bonds is 4. The van der Waals surface area contributed by atoms with Crippen LogP contribution in [0.5, 0.6) is 5.75 Å². The number of phenols is 1. The number of ether oxygens (including phenoxy) is 1. The Kier molecular flexibility index (Phi) is 5.13. The predicted octanol–water partition coefficient (Wildman–Crippen LogP) is 1.64. The zero-order valence-electron chi connectivity index (χ0n) is 12.3. The minimum atomic E-state index is -0.740. The Morgan fingerprint density at radius 2 is 1.80 bits per heavy atom. The van der Waals surface area contributed by atoms with Gasteiger partial charge >= 0.3 is 5.97 Å². The molecule has 0 unspecified atom stereocenters. The van der Waals surface area contributed by atoms with Crippen LogP contribution in [-0.2, 0) is 20.7 Å². The van der Waals surface area contributed by atoms with Gasteiger partial charge in [-0.05, 0) is 17.7 Å². The molecule has 0 spiro atoms. The summed E-state index contributed by atoms with van der Waals surface area (Å²) < 4.78 is 4.72. The summed E-state index contributed by atoms with van der Waals surface area (Å²) >= 11 is 0. The number of benzene rings is 1. The van der Waals surface area contributed by atoms with Crippen molar-refractivity contribution in [3.63, 3.8) is 0 Å². The topological polar surface area (TPSA) is 75.6 Å². The number of carbonyl (C=O) groups is 2. The third kappa shape index (κ3) is 4.57. The maximum atomic E-state index is 12.0. The molecular weight excluding hydrogens is 258 g/mol. The first-order valence-electron chi connectivity index (χ1n) is 6.40. The molecule has 1 aromatic carbocycles. The Bertz CT molecular complexity index is 474. The van der Waals surface area contributed by atoms with Gasteiger partial charge in [0.1, 0.15) is 11.8 Å². The lowest BCUT2D eigenvalue weighted by Crippen LogP contribution is -2.47. The molecule has 0 aliphatic heterocycles. The summed E-state index contributed by atoms with van der Waals surface area (Å²) in [5, 5.41) is 11.9. The highest BCUT2D eigenvalue weighted by atomic mass is 16.5. The minimum Gasteiger partial charge on any atom is -0.508 e. The SMILES string of the molecule is COC(=O)[C@H](Cc1ccc(O)cc1)NC(=O)C(C)(C)C. The van der Waals surface area contributed by atoms with Gasteiger partial charge < -0.3 is 15.2 Å². The standard InChI is InChI=1S/C15H21NO4/c1-15(2,3)14(19)16-12(13(18)20-4)9-10-5-7-11(17)8-6-10/h5-8,12,17H,9H2,1-4H3,(H,16,19)/t12-/m0/s1. The fourth-order valence-electron chi connectivity index (χ4n) is 1.58. The zero-order chi connectivity index (χ0) is 15.3. The van der Waals surface area contributed by atoms with E-state index >= 15 is 0 Å². The Morgan fingerprint density at radius 1 is 1.25 bits per heavy atom. The molecule has 5 heteroatoms. The van der Waals surface area contributed by atoms with Gasteiger partial charge in [0.15, 0.2) is 0 Å². The summed E-state index contributed by atoms with van der Waals surface area (Å²) in [5.41, 5.74) is 0.244. The van der Waals surface area contributed by atoms with Crippen molar-refractivity contribution in [1.82, 2.24) is 5.32 Å². The van der Waals surface area contributed by atoms with Gasteiger partial charge in [0.05, 0.1) is 7.11 Å². The number of hydrogen-bond acceptors (Lipinski definition) is 4. The van der Waals surface area contributed by atoms with Crippen LogP contribution >= 0.6 is 0 Å². The van der Waals surface area contributed by atoms with Gasteiger partial charge in [-0.3, -0.25) is 4.79 Å². The van der Waals surface area contributed by atoms with E-state index in [4.69, 9.17) is 4.74 Å². The number of carbonyl (C=O) groups excluding carboxylic acids is 2. The van der Waals surface area contributed by atoms with Gasteiger partial charge in [-0.25, -0.2) is 4.79 Å². The highest BCUT2D eigenvalue weighted by Crippen LogP contribution is 2.15. The van der Waals surface area contributed by atoms with Crippen molar-refractivity contribution in [2.45, 2.75) is 33.2 Å². The first kappa shape index (κ1) is 16.0. The van der Waals surface area contributed by atoms with E-state index in [1.807, 2.05) is 0 Å². The lowest BCUT2D eigenvalue weighted by molar-refractivity contribution is -0.146. The predicted molar refractivity (Wildman–Crippen MR) is 75.2 cm³/mol. The number of esters is 1. The van der Waals surface area contributed by atoms with Crippen LogP contribution in [0.25, 0.3) is 0 Å². The van der Waals surface area contributed by atoms with Crippen LogP contribution in [0, 0.1) is 5.41 Å². The van der Waals surface area contributed by atoms with Crippen molar-refractivity contribution in [2.75, 3.05) is 7.11 Å². The average molecular weight is 279 g/mol. The van der Waals surface area contributed by atoms with Crippen LogP contribution in [0.1, 0.15) is 26.3 Å². The third-order valence-corrected chi connectivity index (χ3v) is 2.85. The molecule has 0 aromatic heterocycles. The van der Waals surface area contributed by atoms with Gasteiger partial charge in [-0.15, -0.1) is 0 Å². The molecule has 1 rings (SSSR count). The van der Waals surface area contributed by atoms with Gasteiger partial charge in [0.25, 0.3) is 0 Å². The van der Waals surface area contributed by atoms with Gasteiger partial charge in [-0.2, -0.15) is 0 Å². The maximum Gasteiger partial charge on any atom is 0.328 e. The molecule has 20 heavy (non-hydrogen) atoms. The normalized spacial score (nSPS) is 12.6. The molecule has 0 radical (unpaired) electrons. The van der Waals surface area contributed by atoms with Crippen molar-refractivity contribution < 1.29 is 19.4 Å². The van der Waals surface area contributed by atoms with E-state index in [1.165, 1.54) is 19.2 Å². The molecular formula is C15H21NO4. The molecule has 1 aromatic rings. The van der Waals surface area contributed by atoms with Crippen LogP contribution in [-0.4, -0.2) is 30.1 Å². The molecule has 110 valence electrons. The molecule has 1 atom stereocenters. The third-order valence-electron chi connectivity index (χ3n) is 2.85. The first-order valence-corrected chi connectivity index (χ1v) is 6.40. The summed E-state index contributed by atoms with van der Waals surface area (Å²) in [6.45, 7) is 5.33. The summed E-state index contributed by atoms with van der Waals surface area (Å²) in [7, 11) is 1.29. The highest BCUT2D eigenvalue weighted by molar-refractivity contribution is 5.87. The Morgan fingerprint density at radius 3 is 2.25 bits per heavy atom. The minimum absolute atomic E-state index is 0.155. The van der Waals surface area contributed by atoms with E-state index in [2.05, 4.69) is 5.32 Å². The van der Waals surface area contributed by atoms with Crippen molar-refractivity contribution in [2.24, 2.45) is 5.41 Å². The van der Waals surface area contributed by atoms with Crippen LogP contribution in [0.2, 0.25) is 0 Å². The lowest BCUT2D eigenvalue weighted by atomic mass is 9.94. The summed E-state index contributed by atoms with van der Waals surface area (Å²) in [4.78, 5) is 23.7. The monoisotopic (exact) mass is 279 g/mol. The number of methoxy groups -OCH3 is 1. The van der Waals surface area contributed by atoms with Crippen molar-refractivity contribution in [1.29, 1.82) is 0 Å². The average Bonchev–Trinajstić information content (AvgIpc) is 2.38. The first-order chi connectivity index (χ1) is 9.24. The fraction of sp³-hybridized carbons (Fsp3) is 0.467. The maximum absolute atomic E-state index is 12.0. The molecule has 0 bridgehead atoms. The van der Waals surface area contributed by atoms with E-state index in [0.29, 0.717) is 6.42 Å². The van der Waals surface area contributed by atoms with Crippen LogP contribution in [0.4, 0.5) is 0 Å². The van der Waals surface area contributed by atoms with Crippen LogP contribution in [0.3, 0.4) is 0 Å². The quantitative estimate of drug-likeness (QED) is 0.822. The Balaban J connectivity index is 2.82. The van der Waals surface area contributed by atoms with E-state index < -0.39 is 17.4 Å². The lowest BCUT2D eigenvalue weighted by Gasteiger charge is -2.23. The summed E-state index contributed by atoms with van der Waals surface area (Å²) in [5.74, 6) is -0.551. The van der Waals surface area contributed by atoms with E-state index in [1.54, 1.807) is 32.9 Å². The Labute approximate surface area is 118 Å². The highest BCUT2D eigenvalue weighted by Gasteiger charge is 2.28. The van der Waals surface area contributed by atoms with Gasteiger partial charge in [0.2, 0.25) is 5.91 Å². The number of aromatic hydroxyl groups is 1. The molecule has 0 fully saturated rings. The second-order valence-electron chi connectivity index (χ2n) is 5.67. The van der Waals surface area contributed by atoms with Crippen LogP contribution < -0.4 is 5.32 Å². The summed E-state index contributed by atoms with van der Waals surface area (Å²) in [6, 6.07) is 5.74. The number of phenolic OH excluding ortho intramolecular Hbond substituents is 1. The molecule has 0 saturated carbocycles. The van der Waals surface area contributed by atoms with E-state index in [-0.39, 0.29) is 11.7 Å². The van der Waals surface area contributed by atoms with Crippen molar-refractivity contribution >= 4 is 11.9 Å². The van der Waals surface area contributed by atoms with Crippen molar-refractivity contribution in [3.8, 4) is 5.75 Å². The largest absolute Gasteiger partial charge is 0.508 e. The second kappa shape index (κ2) is 6.41. The smallest absolute Gasteiger partial charge is 0.328 e. The fourth-order valence-corrected chi connectivity index (χ4v) is 1.58. The van der Waals surface area contributed by atoms with Gasteiger partial charge in [0, 0.05) is 11.8 Å². The number of hydrogen-bond donors (Lipinski definition) is 2. The molecule has 0 aliphatic carbocycles. The molecule has 1 amide bonds. The second-order valence-corrected chi connectivity index (χ2v) is 5.67. The van der Waals surface area contributed by atoms with Crippen molar-refractivity contribution in [3.05, 3.63) is 29.8 Å². The van der Waals surface area contributed by atoms with E-state index in [0.717, 1.165) is 5.56 Å². The Hall–Kier alpha value is -2.04. The summed E-state index contributed by atoms with van der Waals surface area (Å²) in [6.07, 6.45) is 0.314. The molecule has 5 nitrogen and oxygen atoms in total. The van der Waals surface area contributed by atoms with Crippen LogP contribution in [0.15, 0.2) is 24.3 Å². The van der Waals surface area contributed by atoms with E-state index in [9.17, 15) is 14.7 Å². The molecule has 0 saturated heterocycles. The molecule has 0 aliphatic rings. The molecule has 0 heterocycles. The molecule has 2 N–H and O–H groups in total. The zero-order valence-corrected chi connectivity index (χ0v) is 12.3. The number of nitrogens with one attached hydrogen (secondary N) is 1.